The van der Waals surface area contributed by atoms with Gasteiger partial charge in [-0.05, 0) is 42.5 Å². The summed E-state index contributed by atoms with van der Waals surface area (Å²) in [4.78, 5) is 0. The van der Waals surface area contributed by atoms with Gasteiger partial charge in [0.2, 0.25) is 0 Å². The van der Waals surface area contributed by atoms with Crippen LogP contribution in [-0.2, 0) is 0 Å². The molecular weight excluding hydrogens is 272 g/mol. The number of aromatic nitrogens is 2. The van der Waals surface area contributed by atoms with Crippen LogP contribution >= 0.6 is 0 Å². The summed E-state index contributed by atoms with van der Waals surface area (Å²) in [6, 6.07) is 18.6. The predicted molar refractivity (Wildman–Crippen MR) is 89.2 cm³/mol. The van der Waals surface area contributed by atoms with Crippen molar-refractivity contribution in [2.24, 2.45) is 0 Å². The number of nitrogens with zero attached hydrogens (tertiary/aromatic N) is 2. The zero-order valence-electron chi connectivity index (χ0n) is 12.3. The summed E-state index contributed by atoms with van der Waals surface area (Å²) >= 11 is 0. The third-order valence-electron chi connectivity index (χ3n) is 3.94. The van der Waals surface area contributed by atoms with Gasteiger partial charge in [-0.2, -0.15) is 0 Å². The van der Waals surface area contributed by atoms with Gasteiger partial charge in [-0.15, -0.1) is 0 Å². The van der Waals surface area contributed by atoms with Gasteiger partial charge in [0.15, 0.2) is 0 Å². The molecule has 2 aromatic heterocycles. The van der Waals surface area contributed by atoms with Crippen molar-refractivity contribution in [3.8, 4) is 17.1 Å². The molecule has 0 saturated heterocycles. The van der Waals surface area contributed by atoms with Crippen LogP contribution in [0.25, 0.3) is 22.1 Å². The van der Waals surface area contributed by atoms with Crippen LogP contribution in [0.3, 0.4) is 0 Å². The van der Waals surface area contributed by atoms with Gasteiger partial charge in [-0.1, -0.05) is 12.1 Å². The van der Waals surface area contributed by atoms with E-state index in [1.807, 2.05) is 42.7 Å². The Morgan fingerprint density at radius 1 is 0.682 bits per heavy atom. The smallest absolute Gasteiger partial charge is 0.143 e. The second-order valence-electron chi connectivity index (χ2n) is 5.17. The van der Waals surface area contributed by atoms with E-state index >= 15 is 0 Å². The van der Waals surface area contributed by atoms with Crippen molar-refractivity contribution in [2.75, 3.05) is 7.11 Å². The Morgan fingerprint density at radius 3 is 2.05 bits per heavy atom. The third-order valence-corrected chi connectivity index (χ3v) is 3.94. The lowest BCUT2D eigenvalue weighted by atomic mass is 10.1. The van der Waals surface area contributed by atoms with Crippen LogP contribution in [0, 0.1) is 0 Å². The van der Waals surface area contributed by atoms with E-state index in [-0.39, 0.29) is 0 Å². The molecule has 0 fully saturated rings. The minimum Gasteiger partial charge on any atom is -0.495 e. The second kappa shape index (κ2) is 5.11. The van der Waals surface area contributed by atoms with Crippen LogP contribution in [0.1, 0.15) is 0 Å². The molecule has 108 valence electrons. The molecule has 3 nitrogen and oxygen atoms in total. The molecule has 0 unspecified atom stereocenters. The van der Waals surface area contributed by atoms with Gasteiger partial charge >= 0.3 is 0 Å². The summed E-state index contributed by atoms with van der Waals surface area (Å²) in [5.41, 5.74) is 2.23. The van der Waals surface area contributed by atoms with E-state index in [9.17, 15) is 0 Å². The second-order valence-corrected chi connectivity index (χ2v) is 5.17. The molecular formula is C19H16N2O. The molecule has 4 rings (SSSR count). The van der Waals surface area contributed by atoms with Crippen molar-refractivity contribution in [1.29, 1.82) is 0 Å². The predicted octanol–water partition coefficient (Wildman–Crippen LogP) is 4.43. The Kier molecular flexibility index (Phi) is 2.97. The van der Waals surface area contributed by atoms with Crippen molar-refractivity contribution >= 4 is 10.8 Å². The van der Waals surface area contributed by atoms with Gasteiger partial charge < -0.3 is 13.9 Å². The SMILES string of the molecule is COc1ccc2c(-n3cccc3)cccc2c1-n1cccc1. The Balaban J connectivity index is 2.07. The van der Waals surface area contributed by atoms with Crippen molar-refractivity contribution < 1.29 is 4.74 Å². The lowest BCUT2D eigenvalue weighted by molar-refractivity contribution is 0.413. The number of rotatable bonds is 3. The highest BCUT2D eigenvalue weighted by Crippen LogP contribution is 2.34. The highest BCUT2D eigenvalue weighted by Gasteiger charge is 2.12. The normalized spacial score (nSPS) is 11.0. The molecule has 0 bridgehead atoms. The minimum absolute atomic E-state index is 0.869. The monoisotopic (exact) mass is 288 g/mol. The van der Waals surface area contributed by atoms with Gasteiger partial charge in [0.1, 0.15) is 5.75 Å². The van der Waals surface area contributed by atoms with Crippen LogP contribution in [-0.4, -0.2) is 16.2 Å². The number of methoxy groups -OCH3 is 1. The minimum atomic E-state index is 0.869. The number of fused-ring (bicyclic) bond motifs is 1. The number of ether oxygens (including phenoxy) is 1. The molecule has 0 aliphatic carbocycles. The first kappa shape index (κ1) is 12.8. The van der Waals surface area contributed by atoms with Crippen LogP contribution in [0.4, 0.5) is 0 Å². The van der Waals surface area contributed by atoms with Crippen LogP contribution in [0.2, 0.25) is 0 Å². The summed E-state index contributed by atoms with van der Waals surface area (Å²) in [5, 5.41) is 2.37. The quantitative estimate of drug-likeness (QED) is 0.545. The molecule has 0 radical (unpaired) electrons. The van der Waals surface area contributed by atoms with E-state index in [0.717, 1.165) is 11.4 Å². The summed E-state index contributed by atoms with van der Waals surface area (Å²) < 4.78 is 9.81. The molecule has 2 heterocycles. The van der Waals surface area contributed by atoms with Crippen LogP contribution in [0.15, 0.2) is 79.4 Å². The van der Waals surface area contributed by atoms with Gasteiger partial charge in [-0.25, -0.2) is 0 Å². The molecule has 0 aliphatic rings. The van der Waals surface area contributed by atoms with E-state index in [0.29, 0.717) is 0 Å². The summed E-state index contributed by atoms with van der Waals surface area (Å²) in [7, 11) is 1.71. The van der Waals surface area contributed by atoms with Crippen molar-refractivity contribution in [3.05, 3.63) is 79.4 Å². The van der Waals surface area contributed by atoms with E-state index < -0.39 is 0 Å². The molecule has 0 spiro atoms. The third kappa shape index (κ3) is 1.91. The Morgan fingerprint density at radius 2 is 1.36 bits per heavy atom. The largest absolute Gasteiger partial charge is 0.495 e. The Hall–Kier alpha value is -2.94. The summed E-state index contributed by atoms with van der Waals surface area (Å²) in [5.74, 6) is 0.869. The first-order valence-corrected chi connectivity index (χ1v) is 7.25. The van der Waals surface area contributed by atoms with E-state index in [2.05, 4.69) is 45.8 Å². The lowest BCUT2D eigenvalue weighted by Crippen LogP contribution is -1.99. The molecule has 0 aliphatic heterocycles. The Labute approximate surface area is 129 Å². The number of hydrogen-bond donors (Lipinski definition) is 0. The summed E-state index contributed by atoms with van der Waals surface area (Å²) in [6.45, 7) is 0. The number of hydrogen-bond acceptors (Lipinski definition) is 1. The fourth-order valence-electron chi connectivity index (χ4n) is 2.94. The molecule has 22 heavy (non-hydrogen) atoms. The summed E-state index contributed by atoms with van der Waals surface area (Å²) in [6.07, 6.45) is 8.21. The van der Waals surface area contributed by atoms with Crippen molar-refractivity contribution in [2.45, 2.75) is 0 Å². The molecule has 0 atom stereocenters. The number of benzene rings is 2. The average molecular weight is 288 g/mol. The molecule has 0 amide bonds. The van der Waals surface area contributed by atoms with Gasteiger partial charge in [-0.3, -0.25) is 0 Å². The van der Waals surface area contributed by atoms with Crippen LogP contribution in [0.5, 0.6) is 5.75 Å². The highest BCUT2D eigenvalue weighted by molar-refractivity contribution is 5.98. The maximum absolute atomic E-state index is 5.58. The maximum atomic E-state index is 5.58. The van der Waals surface area contributed by atoms with Gasteiger partial charge in [0.05, 0.1) is 18.5 Å². The topological polar surface area (TPSA) is 19.1 Å². The molecule has 0 N–H and O–H groups in total. The first-order chi connectivity index (χ1) is 10.9. The standard InChI is InChI=1S/C19H16N2O/c1-22-18-10-9-15-16(19(18)21-13-4-5-14-21)7-6-8-17(15)20-11-2-3-12-20/h2-14H,1H3. The van der Waals surface area contributed by atoms with E-state index in [4.69, 9.17) is 4.74 Å². The first-order valence-electron chi connectivity index (χ1n) is 7.25. The van der Waals surface area contributed by atoms with Crippen LogP contribution < -0.4 is 4.74 Å². The average Bonchev–Trinajstić information content (AvgIpc) is 3.26. The fourth-order valence-corrected chi connectivity index (χ4v) is 2.94. The Bertz CT molecular complexity index is 906. The highest BCUT2D eigenvalue weighted by atomic mass is 16.5. The van der Waals surface area contributed by atoms with Crippen molar-refractivity contribution in [1.82, 2.24) is 9.13 Å². The molecule has 0 saturated carbocycles. The maximum Gasteiger partial charge on any atom is 0.143 e. The van der Waals surface area contributed by atoms with Gasteiger partial charge in [0, 0.05) is 35.6 Å². The molecule has 2 aromatic carbocycles. The fraction of sp³-hybridized carbons (Fsp3) is 0.0526. The zero-order valence-corrected chi connectivity index (χ0v) is 12.3. The molecule has 4 aromatic rings. The van der Waals surface area contributed by atoms with Crippen molar-refractivity contribution in [3.63, 3.8) is 0 Å². The zero-order chi connectivity index (χ0) is 14.9. The van der Waals surface area contributed by atoms with Gasteiger partial charge in [0.25, 0.3) is 0 Å². The van der Waals surface area contributed by atoms with E-state index in [1.54, 1.807) is 7.11 Å². The molecule has 3 heteroatoms. The van der Waals surface area contributed by atoms with E-state index in [1.165, 1.54) is 16.5 Å². The lowest BCUT2D eigenvalue weighted by Gasteiger charge is -2.15.